The Morgan fingerprint density at radius 1 is 1.25 bits per heavy atom. The van der Waals surface area contributed by atoms with Gasteiger partial charge in [-0.3, -0.25) is 0 Å². The normalized spacial score (nSPS) is 12.2. The van der Waals surface area contributed by atoms with E-state index in [0.717, 1.165) is 5.56 Å². The van der Waals surface area contributed by atoms with Crippen molar-refractivity contribution in [3.05, 3.63) is 63.4 Å². The molecule has 0 amide bonds. The Morgan fingerprint density at radius 3 is 2.65 bits per heavy atom. The summed E-state index contributed by atoms with van der Waals surface area (Å²) in [6.07, 6.45) is 0.281. The summed E-state index contributed by atoms with van der Waals surface area (Å²) >= 11 is 11.9. The number of nitrogens with two attached hydrogens (primary N) is 1. The fraction of sp³-hybridized carbons (Fsp3) is 0.200. The van der Waals surface area contributed by atoms with Crippen molar-refractivity contribution in [2.45, 2.75) is 12.5 Å². The molecule has 5 heteroatoms. The molecule has 0 fully saturated rings. The third-order valence-corrected chi connectivity index (χ3v) is 3.67. The number of rotatable bonds is 4. The minimum absolute atomic E-state index is 0.281. The number of methoxy groups -OCH3 is 1. The van der Waals surface area contributed by atoms with Crippen LogP contribution in [0.15, 0.2) is 36.4 Å². The molecule has 0 aliphatic heterocycles. The van der Waals surface area contributed by atoms with Gasteiger partial charge in [0.25, 0.3) is 0 Å². The minimum atomic E-state index is -0.434. The van der Waals surface area contributed by atoms with Gasteiger partial charge in [0.05, 0.1) is 7.11 Å². The fourth-order valence-corrected chi connectivity index (χ4v) is 2.45. The van der Waals surface area contributed by atoms with E-state index in [1.54, 1.807) is 30.3 Å². The van der Waals surface area contributed by atoms with Crippen molar-refractivity contribution >= 4 is 23.2 Å². The van der Waals surface area contributed by atoms with Crippen LogP contribution in [0.3, 0.4) is 0 Å². The number of halogens is 3. The second kappa shape index (κ2) is 6.44. The molecule has 20 heavy (non-hydrogen) atoms. The summed E-state index contributed by atoms with van der Waals surface area (Å²) < 4.78 is 19.0. The molecule has 2 N–H and O–H groups in total. The number of ether oxygens (including phenoxy) is 1. The van der Waals surface area contributed by atoms with Gasteiger partial charge in [0.2, 0.25) is 0 Å². The van der Waals surface area contributed by atoms with E-state index in [0.29, 0.717) is 21.4 Å². The summed E-state index contributed by atoms with van der Waals surface area (Å²) in [7, 11) is 1.54. The summed E-state index contributed by atoms with van der Waals surface area (Å²) in [6.45, 7) is 0. The van der Waals surface area contributed by atoms with Crippen LogP contribution in [0.1, 0.15) is 17.2 Å². The molecule has 2 aromatic rings. The van der Waals surface area contributed by atoms with Gasteiger partial charge in [-0.2, -0.15) is 0 Å². The SMILES string of the molecule is COc1cc(Cl)ccc1C(N)Cc1c(F)cccc1Cl. The van der Waals surface area contributed by atoms with E-state index in [9.17, 15) is 4.39 Å². The molecule has 0 saturated heterocycles. The smallest absolute Gasteiger partial charge is 0.127 e. The summed E-state index contributed by atoms with van der Waals surface area (Å²) in [4.78, 5) is 0. The molecule has 0 aliphatic carbocycles. The highest BCUT2D eigenvalue weighted by molar-refractivity contribution is 6.31. The Kier molecular flexibility index (Phi) is 4.86. The molecular weight excluding hydrogens is 300 g/mol. The Labute approximate surface area is 127 Å². The topological polar surface area (TPSA) is 35.2 Å². The lowest BCUT2D eigenvalue weighted by molar-refractivity contribution is 0.405. The lowest BCUT2D eigenvalue weighted by Gasteiger charge is -2.17. The zero-order valence-electron chi connectivity index (χ0n) is 10.9. The van der Waals surface area contributed by atoms with E-state index in [1.165, 1.54) is 13.2 Å². The van der Waals surface area contributed by atoms with Crippen LogP contribution in [0.2, 0.25) is 10.0 Å². The van der Waals surface area contributed by atoms with Crippen molar-refractivity contribution in [2.75, 3.05) is 7.11 Å². The van der Waals surface area contributed by atoms with E-state index in [4.69, 9.17) is 33.7 Å². The monoisotopic (exact) mass is 313 g/mol. The minimum Gasteiger partial charge on any atom is -0.496 e. The zero-order valence-corrected chi connectivity index (χ0v) is 12.4. The average molecular weight is 314 g/mol. The highest BCUT2D eigenvalue weighted by Crippen LogP contribution is 2.31. The van der Waals surface area contributed by atoms with Crippen molar-refractivity contribution in [2.24, 2.45) is 5.73 Å². The maximum Gasteiger partial charge on any atom is 0.127 e. The Morgan fingerprint density at radius 2 is 2.00 bits per heavy atom. The molecule has 2 aromatic carbocycles. The standard InChI is InChI=1S/C15H14Cl2FNO/c1-20-15-7-9(16)5-6-10(15)14(19)8-11-12(17)3-2-4-13(11)18/h2-7,14H,8,19H2,1H3. The molecule has 0 aromatic heterocycles. The highest BCUT2D eigenvalue weighted by atomic mass is 35.5. The van der Waals surface area contributed by atoms with Crippen molar-refractivity contribution in [3.63, 3.8) is 0 Å². The first-order valence-corrected chi connectivity index (χ1v) is 6.80. The van der Waals surface area contributed by atoms with Gasteiger partial charge in [0.1, 0.15) is 11.6 Å². The predicted octanol–water partition coefficient (Wildman–Crippen LogP) is 4.38. The quantitative estimate of drug-likeness (QED) is 0.909. The van der Waals surface area contributed by atoms with Crippen LogP contribution >= 0.6 is 23.2 Å². The molecule has 106 valence electrons. The molecule has 0 bridgehead atoms. The second-order valence-corrected chi connectivity index (χ2v) is 5.24. The Balaban J connectivity index is 2.31. The number of benzene rings is 2. The molecular formula is C15H14Cl2FNO. The first kappa shape index (κ1) is 15.1. The van der Waals surface area contributed by atoms with Crippen molar-refractivity contribution in [3.8, 4) is 5.75 Å². The molecule has 1 unspecified atom stereocenters. The second-order valence-electron chi connectivity index (χ2n) is 4.40. The van der Waals surface area contributed by atoms with Crippen LogP contribution in [0.4, 0.5) is 4.39 Å². The first-order chi connectivity index (χ1) is 9.52. The maximum absolute atomic E-state index is 13.8. The van der Waals surface area contributed by atoms with Crippen LogP contribution < -0.4 is 10.5 Å². The number of hydrogen-bond acceptors (Lipinski definition) is 2. The van der Waals surface area contributed by atoms with Gasteiger partial charge in [-0.15, -0.1) is 0 Å². The van der Waals surface area contributed by atoms with E-state index in [2.05, 4.69) is 0 Å². The molecule has 0 saturated carbocycles. The van der Waals surface area contributed by atoms with Gasteiger partial charge in [0, 0.05) is 27.2 Å². The number of hydrogen-bond donors (Lipinski definition) is 1. The van der Waals surface area contributed by atoms with Crippen molar-refractivity contribution in [1.29, 1.82) is 0 Å². The molecule has 0 heterocycles. The van der Waals surface area contributed by atoms with Crippen LogP contribution in [0, 0.1) is 5.82 Å². The highest BCUT2D eigenvalue weighted by Gasteiger charge is 2.16. The van der Waals surface area contributed by atoms with E-state index in [1.807, 2.05) is 0 Å². The molecule has 0 radical (unpaired) electrons. The third kappa shape index (κ3) is 3.23. The van der Waals surface area contributed by atoms with Crippen molar-refractivity contribution < 1.29 is 9.13 Å². The summed E-state index contributed by atoms with van der Waals surface area (Å²) in [5, 5.41) is 0.926. The van der Waals surface area contributed by atoms with Crippen LogP contribution in [0.5, 0.6) is 5.75 Å². The van der Waals surface area contributed by atoms with Crippen molar-refractivity contribution in [1.82, 2.24) is 0 Å². The first-order valence-electron chi connectivity index (χ1n) is 6.05. The Bertz CT molecular complexity index is 599. The van der Waals surface area contributed by atoms with E-state index >= 15 is 0 Å². The van der Waals surface area contributed by atoms with Gasteiger partial charge >= 0.3 is 0 Å². The summed E-state index contributed by atoms with van der Waals surface area (Å²) in [6, 6.07) is 9.33. The van der Waals surface area contributed by atoms with Crippen LogP contribution in [-0.4, -0.2) is 7.11 Å². The van der Waals surface area contributed by atoms with Crippen LogP contribution in [-0.2, 0) is 6.42 Å². The summed E-state index contributed by atoms with van der Waals surface area (Å²) in [5.74, 6) is 0.221. The van der Waals surface area contributed by atoms with E-state index < -0.39 is 6.04 Å². The fourth-order valence-electron chi connectivity index (χ4n) is 2.05. The van der Waals surface area contributed by atoms with Crippen LogP contribution in [0.25, 0.3) is 0 Å². The molecule has 0 spiro atoms. The van der Waals surface area contributed by atoms with Gasteiger partial charge in [0.15, 0.2) is 0 Å². The lowest BCUT2D eigenvalue weighted by Crippen LogP contribution is -2.15. The van der Waals surface area contributed by atoms with E-state index in [-0.39, 0.29) is 12.2 Å². The maximum atomic E-state index is 13.8. The molecule has 2 rings (SSSR count). The van der Waals surface area contributed by atoms with Gasteiger partial charge in [-0.25, -0.2) is 4.39 Å². The predicted molar refractivity (Wildman–Crippen MR) is 80.0 cm³/mol. The third-order valence-electron chi connectivity index (χ3n) is 3.08. The average Bonchev–Trinajstić information content (AvgIpc) is 2.42. The van der Waals surface area contributed by atoms with Gasteiger partial charge < -0.3 is 10.5 Å². The zero-order chi connectivity index (χ0) is 14.7. The van der Waals surface area contributed by atoms with Gasteiger partial charge in [-0.1, -0.05) is 35.3 Å². The Hall–Kier alpha value is -1.29. The lowest BCUT2D eigenvalue weighted by atomic mass is 9.98. The largest absolute Gasteiger partial charge is 0.496 e. The molecule has 2 nitrogen and oxygen atoms in total. The molecule has 0 aliphatic rings. The molecule has 1 atom stereocenters. The van der Waals surface area contributed by atoms with Gasteiger partial charge in [-0.05, 0) is 30.7 Å². The summed E-state index contributed by atoms with van der Waals surface area (Å²) in [5.41, 5.74) is 7.30.